The maximum Gasteiger partial charge on any atom is 0.387 e. The van der Waals surface area contributed by atoms with E-state index in [9.17, 15) is 10.1 Å². The molecular weight excluding hydrogens is 376 g/mol. The maximum absolute atomic E-state index is 11.4. The van der Waals surface area contributed by atoms with Gasteiger partial charge < -0.3 is 29.6 Å². The van der Waals surface area contributed by atoms with Crippen LogP contribution in [0.5, 0.6) is 23.0 Å². The van der Waals surface area contributed by atoms with Gasteiger partial charge in [-0.15, -0.1) is 0 Å². The van der Waals surface area contributed by atoms with Crippen molar-refractivity contribution in [2.24, 2.45) is 0 Å². The first-order chi connectivity index (χ1) is 14.0. The Hall–Kier alpha value is -4.32. The van der Waals surface area contributed by atoms with Crippen molar-refractivity contribution in [3.63, 3.8) is 0 Å². The summed E-state index contributed by atoms with van der Waals surface area (Å²) in [6.45, 7) is 0. The van der Waals surface area contributed by atoms with Crippen LogP contribution in [0.2, 0.25) is 0 Å². The third kappa shape index (κ3) is 4.33. The van der Waals surface area contributed by atoms with Crippen LogP contribution in [0.1, 0.15) is 5.56 Å². The summed E-state index contributed by atoms with van der Waals surface area (Å²) >= 11 is 0. The smallest absolute Gasteiger partial charge is 0.387 e. The zero-order valence-corrected chi connectivity index (χ0v) is 15.6. The molecule has 146 valence electrons. The highest BCUT2D eigenvalue weighted by Crippen LogP contribution is 2.41. The van der Waals surface area contributed by atoms with E-state index in [1.165, 1.54) is 26.5 Å². The fraction of sp³-hybridized carbons (Fsp3) is 0.100. The average molecular weight is 392 g/mol. The topological polar surface area (TPSA) is 120 Å². The van der Waals surface area contributed by atoms with Gasteiger partial charge in [0.2, 0.25) is 5.75 Å². The molecule has 29 heavy (non-hydrogen) atoms. The quantitative estimate of drug-likeness (QED) is 0.464. The predicted octanol–water partition coefficient (Wildman–Crippen LogP) is 4.41. The normalized spacial score (nSPS) is 9.97. The van der Waals surface area contributed by atoms with Crippen molar-refractivity contribution < 1.29 is 19.1 Å². The third-order valence-corrected chi connectivity index (χ3v) is 3.91. The van der Waals surface area contributed by atoms with E-state index in [1.807, 2.05) is 6.07 Å². The molecule has 0 bridgehead atoms. The average Bonchev–Trinajstić information content (AvgIpc) is 2.74. The number of hydrogen-bond donors (Lipinski definition) is 1. The van der Waals surface area contributed by atoms with E-state index in [-0.39, 0.29) is 17.3 Å². The minimum Gasteiger partial charge on any atom is -0.493 e. The first-order valence-corrected chi connectivity index (χ1v) is 8.36. The van der Waals surface area contributed by atoms with Crippen molar-refractivity contribution in [1.29, 1.82) is 5.26 Å². The van der Waals surface area contributed by atoms with Gasteiger partial charge in [0.05, 0.1) is 25.9 Å². The lowest BCUT2D eigenvalue weighted by molar-refractivity contribution is -0.388. The molecule has 1 aromatic heterocycles. The number of hydrogen-bond acceptors (Lipinski definition) is 8. The van der Waals surface area contributed by atoms with Crippen LogP contribution in [-0.4, -0.2) is 24.1 Å². The molecule has 9 heteroatoms. The van der Waals surface area contributed by atoms with Gasteiger partial charge in [0.1, 0.15) is 5.69 Å². The molecule has 0 saturated heterocycles. The summed E-state index contributed by atoms with van der Waals surface area (Å²) in [6.07, 6.45) is 1.24. The van der Waals surface area contributed by atoms with Gasteiger partial charge in [-0.2, -0.15) is 5.26 Å². The molecular formula is C20H16N4O5. The molecule has 0 unspecified atom stereocenters. The van der Waals surface area contributed by atoms with Crippen molar-refractivity contribution in [1.82, 2.24) is 4.98 Å². The number of rotatable bonds is 7. The van der Waals surface area contributed by atoms with Crippen molar-refractivity contribution in [3.8, 4) is 29.1 Å². The molecule has 0 saturated carbocycles. The van der Waals surface area contributed by atoms with Crippen molar-refractivity contribution in [2.75, 3.05) is 19.5 Å². The monoisotopic (exact) mass is 392 g/mol. The van der Waals surface area contributed by atoms with Crippen molar-refractivity contribution in [2.45, 2.75) is 0 Å². The number of anilines is 2. The number of benzene rings is 2. The minimum absolute atomic E-state index is 0.131. The summed E-state index contributed by atoms with van der Waals surface area (Å²) in [5.74, 6) is 1.06. The molecule has 0 spiro atoms. The zero-order valence-electron chi connectivity index (χ0n) is 15.6. The Morgan fingerprint density at radius 1 is 1.10 bits per heavy atom. The SMILES string of the molecule is COc1cccc(OC)c1Oc1cnc([N+](=O)[O-])c(Nc2ccc(C#N)cc2)c1. The summed E-state index contributed by atoms with van der Waals surface area (Å²) in [5, 5.41) is 23.2. The number of nitrogens with zero attached hydrogens (tertiary/aromatic N) is 3. The van der Waals surface area contributed by atoms with E-state index in [2.05, 4.69) is 10.3 Å². The van der Waals surface area contributed by atoms with E-state index in [4.69, 9.17) is 19.5 Å². The Morgan fingerprint density at radius 3 is 2.31 bits per heavy atom. The fourth-order valence-corrected chi connectivity index (χ4v) is 2.55. The van der Waals surface area contributed by atoms with Crippen LogP contribution in [0.25, 0.3) is 0 Å². The largest absolute Gasteiger partial charge is 0.493 e. The molecule has 0 aliphatic rings. The summed E-state index contributed by atoms with van der Waals surface area (Å²) < 4.78 is 16.4. The van der Waals surface area contributed by atoms with E-state index in [0.29, 0.717) is 28.5 Å². The molecule has 0 radical (unpaired) electrons. The highest BCUT2D eigenvalue weighted by Gasteiger charge is 2.20. The lowest BCUT2D eigenvalue weighted by Crippen LogP contribution is -2.01. The molecule has 3 aromatic rings. The second-order valence-corrected chi connectivity index (χ2v) is 5.71. The number of pyridine rings is 1. The van der Waals surface area contributed by atoms with Crippen LogP contribution >= 0.6 is 0 Å². The molecule has 3 rings (SSSR count). The predicted molar refractivity (Wildman–Crippen MR) is 105 cm³/mol. The second kappa shape index (κ2) is 8.58. The molecule has 0 aliphatic heterocycles. The second-order valence-electron chi connectivity index (χ2n) is 5.71. The standard InChI is InChI=1S/C20H16N4O5/c1-27-17-4-3-5-18(28-2)19(17)29-15-10-16(20(22-12-15)24(25)26)23-14-8-6-13(11-21)7-9-14/h3-10,12,23H,1-2H3. The Labute approximate surface area is 166 Å². The van der Waals surface area contributed by atoms with E-state index in [0.717, 1.165) is 0 Å². The minimum atomic E-state index is -0.598. The third-order valence-electron chi connectivity index (χ3n) is 3.91. The van der Waals surface area contributed by atoms with Crippen LogP contribution in [0.4, 0.5) is 17.2 Å². The van der Waals surface area contributed by atoms with E-state index in [1.54, 1.807) is 42.5 Å². The van der Waals surface area contributed by atoms with Crippen LogP contribution in [0.15, 0.2) is 54.7 Å². The summed E-state index contributed by atoms with van der Waals surface area (Å²) in [5.41, 5.74) is 1.16. The van der Waals surface area contributed by atoms with Crippen LogP contribution in [-0.2, 0) is 0 Å². The fourth-order valence-electron chi connectivity index (χ4n) is 2.55. The lowest BCUT2D eigenvalue weighted by Gasteiger charge is -2.14. The molecule has 9 nitrogen and oxygen atoms in total. The lowest BCUT2D eigenvalue weighted by atomic mass is 10.2. The molecule has 0 amide bonds. The van der Waals surface area contributed by atoms with Gasteiger partial charge in [-0.25, -0.2) is 0 Å². The number of para-hydroxylation sites is 1. The molecule has 2 aromatic carbocycles. The number of nitrogens with one attached hydrogen (secondary N) is 1. The van der Waals surface area contributed by atoms with Gasteiger partial charge in [0, 0.05) is 11.8 Å². The molecule has 1 heterocycles. The van der Waals surface area contributed by atoms with Gasteiger partial charge in [-0.1, -0.05) is 6.07 Å². The summed E-state index contributed by atoms with van der Waals surface area (Å²) in [6, 6.07) is 15.1. The van der Waals surface area contributed by atoms with Crippen LogP contribution in [0.3, 0.4) is 0 Å². The maximum atomic E-state index is 11.4. The highest BCUT2D eigenvalue weighted by molar-refractivity contribution is 5.69. The number of nitriles is 1. The van der Waals surface area contributed by atoms with E-state index >= 15 is 0 Å². The molecule has 0 aliphatic carbocycles. The summed E-state index contributed by atoms with van der Waals surface area (Å²) in [4.78, 5) is 14.7. The highest BCUT2D eigenvalue weighted by atomic mass is 16.6. The number of nitro groups is 1. The van der Waals surface area contributed by atoms with Gasteiger partial charge in [0.25, 0.3) is 0 Å². The Morgan fingerprint density at radius 2 is 1.76 bits per heavy atom. The Balaban J connectivity index is 1.97. The van der Waals surface area contributed by atoms with Crippen LogP contribution < -0.4 is 19.5 Å². The molecule has 0 atom stereocenters. The van der Waals surface area contributed by atoms with Gasteiger partial charge >= 0.3 is 5.82 Å². The van der Waals surface area contributed by atoms with Gasteiger partial charge in [-0.3, -0.25) is 0 Å². The van der Waals surface area contributed by atoms with Gasteiger partial charge in [-0.05, 0) is 46.3 Å². The zero-order chi connectivity index (χ0) is 20.8. The van der Waals surface area contributed by atoms with Crippen LogP contribution in [0, 0.1) is 21.4 Å². The number of methoxy groups -OCH3 is 2. The molecule has 0 fully saturated rings. The van der Waals surface area contributed by atoms with Gasteiger partial charge in [0.15, 0.2) is 23.4 Å². The first-order valence-electron chi connectivity index (χ1n) is 8.36. The number of aromatic nitrogens is 1. The van der Waals surface area contributed by atoms with Crippen molar-refractivity contribution >= 4 is 17.2 Å². The molecule has 1 N–H and O–H groups in total. The Bertz CT molecular complexity index is 1050. The van der Waals surface area contributed by atoms with Crippen molar-refractivity contribution in [3.05, 3.63) is 70.4 Å². The summed E-state index contributed by atoms with van der Waals surface area (Å²) in [7, 11) is 2.99. The Kier molecular flexibility index (Phi) is 5.75. The van der Waals surface area contributed by atoms with E-state index < -0.39 is 4.92 Å². The first kappa shape index (κ1) is 19.4. The number of ether oxygens (including phenoxy) is 3.